The Balaban J connectivity index is 1.85. The molecule has 0 unspecified atom stereocenters. The standard InChI is InChI=1S/C34H48O4/c1-3-4-5-6-7-8-9-10-11-12-13-14-21-26-33(37-28-32-24-19-16-20-25-32)34(38-30(2)35)29-36-27-31-22-17-15-18-23-31/h13-26,33-34H,3-12,27-29H2,1-2H3/b14-13+,26-21+/t33-,34+/m0/s1. The first kappa shape index (κ1) is 31.5. The second-order valence-electron chi connectivity index (χ2n) is 9.84. The van der Waals surface area contributed by atoms with Crippen molar-refractivity contribution in [1.29, 1.82) is 0 Å². The summed E-state index contributed by atoms with van der Waals surface area (Å²) in [5.74, 6) is -0.346. The van der Waals surface area contributed by atoms with Crippen molar-refractivity contribution in [2.45, 2.75) is 103 Å². The second-order valence-corrected chi connectivity index (χ2v) is 9.84. The first-order valence-electron chi connectivity index (χ1n) is 14.5. The number of allylic oxidation sites excluding steroid dienone is 3. The summed E-state index contributed by atoms with van der Waals surface area (Å²) in [6.07, 6.45) is 20.4. The fraction of sp³-hybridized carbons (Fsp3) is 0.500. The molecule has 4 heteroatoms. The maximum absolute atomic E-state index is 11.9. The van der Waals surface area contributed by atoms with Crippen LogP contribution in [0.1, 0.15) is 89.2 Å². The van der Waals surface area contributed by atoms with E-state index < -0.39 is 12.2 Å². The molecule has 0 amide bonds. The summed E-state index contributed by atoms with van der Waals surface area (Å²) < 4.78 is 17.8. The van der Waals surface area contributed by atoms with Gasteiger partial charge < -0.3 is 14.2 Å². The SMILES string of the molecule is CCCCCCCCCCC/C=C/C=C/[C@H](OCc1ccccc1)[C@@H](COCc1ccccc1)OC(C)=O. The summed E-state index contributed by atoms with van der Waals surface area (Å²) in [7, 11) is 0. The molecule has 2 rings (SSSR count). The van der Waals surface area contributed by atoms with Gasteiger partial charge in [0, 0.05) is 6.92 Å². The van der Waals surface area contributed by atoms with Crippen LogP contribution in [0.5, 0.6) is 0 Å². The molecule has 208 valence electrons. The molecule has 0 aliphatic carbocycles. The van der Waals surface area contributed by atoms with Gasteiger partial charge in [0.2, 0.25) is 0 Å². The van der Waals surface area contributed by atoms with Crippen molar-refractivity contribution in [2.75, 3.05) is 6.61 Å². The van der Waals surface area contributed by atoms with Crippen molar-refractivity contribution in [3.8, 4) is 0 Å². The molecule has 2 atom stereocenters. The molecule has 38 heavy (non-hydrogen) atoms. The van der Waals surface area contributed by atoms with Gasteiger partial charge in [-0.1, -0.05) is 143 Å². The molecule has 0 saturated heterocycles. The molecule has 0 heterocycles. The van der Waals surface area contributed by atoms with Crippen LogP contribution in [0.3, 0.4) is 0 Å². The van der Waals surface area contributed by atoms with E-state index in [0.717, 1.165) is 17.5 Å². The van der Waals surface area contributed by atoms with Gasteiger partial charge in [-0.3, -0.25) is 4.79 Å². The van der Waals surface area contributed by atoms with E-state index in [9.17, 15) is 4.79 Å². The zero-order valence-corrected chi connectivity index (χ0v) is 23.6. The highest BCUT2D eigenvalue weighted by molar-refractivity contribution is 5.66. The van der Waals surface area contributed by atoms with Gasteiger partial charge in [-0.2, -0.15) is 0 Å². The maximum atomic E-state index is 11.9. The topological polar surface area (TPSA) is 44.8 Å². The number of carbonyl (C=O) groups is 1. The predicted octanol–water partition coefficient (Wildman–Crippen LogP) is 8.75. The van der Waals surface area contributed by atoms with E-state index in [2.05, 4.69) is 19.1 Å². The number of benzene rings is 2. The van der Waals surface area contributed by atoms with Gasteiger partial charge in [0.15, 0.2) is 6.10 Å². The van der Waals surface area contributed by atoms with E-state index in [1.807, 2.05) is 72.8 Å². The summed E-state index contributed by atoms with van der Waals surface area (Å²) in [5, 5.41) is 0. The summed E-state index contributed by atoms with van der Waals surface area (Å²) in [6.45, 7) is 4.81. The highest BCUT2D eigenvalue weighted by Crippen LogP contribution is 2.14. The Kier molecular flexibility index (Phi) is 17.6. The number of hydrogen-bond donors (Lipinski definition) is 0. The minimum atomic E-state index is -0.540. The zero-order chi connectivity index (χ0) is 27.1. The van der Waals surface area contributed by atoms with Gasteiger partial charge in [-0.15, -0.1) is 0 Å². The Hall–Kier alpha value is -2.69. The third-order valence-electron chi connectivity index (χ3n) is 6.39. The molecule has 0 aliphatic rings. The van der Waals surface area contributed by atoms with Crippen LogP contribution in [0.25, 0.3) is 0 Å². The lowest BCUT2D eigenvalue weighted by Crippen LogP contribution is -2.35. The maximum Gasteiger partial charge on any atom is 0.303 e. The average Bonchev–Trinajstić information content (AvgIpc) is 2.93. The van der Waals surface area contributed by atoms with E-state index in [4.69, 9.17) is 14.2 Å². The minimum Gasteiger partial charge on any atom is -0.457 e. The zero-order valence-electron chi connectivity index (χ0n) is 23.6. The van der Waals surface area contributed by atoms with Crippen LogP contribution in [-0.2, 0) is 32.2 Å². The van der Waals surface area contributed by atoms with Gasteiger partial charge in [0.05, 0.1) is 19.8 Å². The van der Waals surface area contributed by atoms with Crippen molar-refractivity contribution < 1.29 is 19.0 Å². The van der Waals surface area contributed by atoms with Crippen molar-refractivity contribution in [3.05, 3.63) is 96.1 Å². The van der Waals surface area contributed by atoms with Crippen molar-refractivity contribution >= 4 is 5.97 Å². The van der Waals surface area contributed by atoms with Crippen LogP contribution in [0.15, 0.2) is 85.0 Å². The number of esters is 1. The third-order valence-corrected chi connectivity index (χ3v) is 6.39. The molecule has 0 spiro atoms. The Morgan fingerprint density at radius 1 is 0.763 bits per heavy atom. The van der Waals surface area contributed by atoms with Crippen molar-refractivity contribution in [2.24, 2.45) is 0 Å². The van der Waals surface area contributed by atoms with E-state index in [-0.39, 0.29) is 12.6 Å². The van der Waals surface area contributed by atoms with Crippen LogP contribution in [0.2, 0.25) is 0 Å². The molecule has 0 aliphatic heterocycles. The third kappa shape index (κ3) is 15.5. The molecule has 0 saturated carbocycles. The Bertz CT molecular complexity index is 891. The lowest BCUT2D eigenvalue weighted by Gasteiger charge is -2.25. The first-order valence-corrected chi connectivity index (χ1v) is 14.5. The summed E-state index contributed by atoms with van der Waals surface area (Å²) in [5.41, 5.74) is 2.14. The molecule has 0 radical (unpaired) electrons. The predicted molar refractivity (Wildman–Crippen MR) is 157 cm³/mol. The summed E-state index contributed by atoms with van der Waals surface area (Å²) >= 11 is 0. The lowest BCUT2D eigenvalue weighted by atomic mass is 10.1. The Morgan fingerprint density at radius 2 is 1.34 bits per heavy atom. The highest BCUT2D eigenvalue weighted by atomic mass is 16.6. The fourth-order valence-corrected chi connectivity index (χ4v) is 4.25. The van der Waals surface area contributed by atoms with Crippen LogP contribution >= 0.6 is 0 Å². The normalized spacial score (nSPS) is 13.2. The van der Waals surface area contributed by atoms with Crippen LogP contribution < -0.4 is 0 Å². The van der Waals surface area contributed by atoms with Gasteiger partial charge >= 0.3 is 5.97 Å². The molecule has 2 aromatic rings. The molecule has 4 nitrogen and oxygen atoms in total. The van der Waals surface area contributed by atoms with E-state index in [1.54, 1.807) is 0 Å². The number of rotatable bonds is 21. The van der Waals surface area contributed by atoms with Gasteiger partial charge in [-0.05, 0) is 24.0 Å². The van der Waals surface area contributed by atoms with Gasteiger partial charge in [-0.25, -0.2) is 0 Å². The van der Waals surface area contributed by atoms with Gasteiger partial charge in [0.1, 0.15) is 6.10 Å². The Morgan fingerprint density at radius 3 is 1.95 bits per heavy atom. The summed E-state index contributed by atoms with van der Waals surface area (Å²) in [6, 6.07) is 20.0. The summed E-state index contributed by atoms with van der Waals surface area (Å²) in [4.78, 5) is 11.9. The number of carbonyl (C=O) groups excluding carboxylic acids is 1. The van der Waals surface area contributed by atoms with Crippen LogP contribution in [-0.4, -0.2) is 24.8 Å². The number of unbranched alkanes of at least 4 members (excludes halogenated alkanes) is 9. The smallest absolute Gasteiger partial charge is 0.303 e. The fourth-order valence-electron chi connectivity index (χ4n) is 4.25. The molecule has 0 bridgehead atoms. The molecule has 0 aromatic heterocycles. The minimum absolute atomic E-state index is 0.250. The van der Waals surface area contributed by atoms with Gasteiger partial charge in [0.25, 0.3) is 0 Å². The first-order chi connectivity index (χ1) is 18.7. The van der Waals surface area contributed by atoms with Crippen molar-refractivity contribution in [1.82, 2.24) is 0 Å². The lowest BCUT2D eigenvalue weighted by molar-refractivity contribution is -0.158. The quantitative estimate of drug-likeness (QED) is 0.0937. The molecule has 0 fully saturated rings. The number of hydrogen-bond acceptors (Lipinski definition) is 4. The highest BCUT2D eigenvalue weighted by Gasteiger charge is 2.23. The molecule has 0 N–H and O–H groups in total. The van der Waals surface area contributed by atoms with Crippen LogP contribution in [0.4, 0.5) is 0 Å². The average molecular weight is 521 g/mol. The van der Waals surface area contributed by atoms with Crippen molar-refractivity contribution in [3.63, 3.8) is 0 Å². The van der Waals surface area contributed by atoms with E-state index in [0.29, 0.717) is 13.2 Å². The molecular formula is C34H48O4. The second kappa shape index (κ2) is 21.3. The van der Waals surface area contributed by atoms with E-state index >= 15 is 0 Å². The van der Waals surface area contributed by atoms with Crippen LogP contribution in [0, 0.1) is 0 Å². The number of ether oxygens (including phenoxy) is 3. The Labute approximate surface area is 231 Å². The molecular weight excluding hydrogens is 472 g/mol. The van der Waals surface area contributed by atoms with E-state index in [1.165, 1.54) is 64.7 Å². The monoisotopic (exact) mass is 520 g/mol. The molecule has 2 aromatic carbocycles. The largest absolute Gasteiger partial charge is 0.457 e.